The minimum Gasteiger partial charge on any atom is -0.454 e. The van der Waals surface area contributed by atoms with Crippen LogP contribution in [0.2, 0.25) is 5.15 Å². The number of nitrogens with one attached hydrogen (secondary N) is 1. The maximum atomic E-state index is 12.7. The Morgan fingerprint density at radius 3 is 2.90 bits per heavy atom. The van der Waals surface area contributed by atoms with E-state index < -0.39 is 0 Å². The van der Waals surface area contributed by atoms with Crippen molar-refractivity contribution in [1.29, 1.82) is 0 Å². The molecule has 0 saturated carbocycles. The van der Waals surface area contributed by atoms with Gasteiger partial charge in [-0.3, -0.25) is 9.69 Å². The first-order valence-electron chi connectivity index (χ1n) is 9.91. The molecule has 0 amide bonds. The molecule has 1 aromatic carbocycles. The van der Waals surface area contributed by atoms with E-state index in [2.05, 4.69) is 14.9 Å². The molecule has 2 aliphatic heterocycles. The smallest absolute Gasteiger partial charge is 0.255 e. The van der Waals surface area contributed by atoms with E-state index in [1.165, 1.54) is 0 Å². The molecule has 5 heterocycles. The molecule has 6 rings (SSSR count). The van der Waals surface area contributed by atoms with Crippen molar-refractivity contribution in [1.82, 2.24) is 19.9 Å². The Morgan fingerprint density at radius 2 is 2.06 bits per heavy atom. The number of pyridine rings is 1. The highest BCUT2D eigenvalue weighted by molar-refractivity contribution is 7.13. The van der Waals surface area contributed by atoms with Crippen LogP contribution in [-0.4, -0.2) is 33.2 Å². The zero-order valence-electron chi connectivity index (χ0n) is 16.4. The monoisotopic (exact) mass is 452 g/mol. The van der Waals surface area contributed by atoms with Crippen LogP contribution in [0.25, 0.3) is 21.6 Å². The normalized spacial score (nSPS) is 15.4. The predicted molar refractivity (Wildman–Crippen MR) is 119 cm³/mol. The third kappa shape index (κ3) is 3.37. The number of rotatable bonds is 3. The van der Waals surface area contributed by atoms with Gasteiger partial charge in [-0.1, -0.05) is 17.7 Å². The van der Waals surface area contributed by atoms with Crippen molar-refractivity contribution < 1.29 is 9.47 Å². The Labute approximate surface area is 186 Å². The minimum atomic E-state index is -0.0754. The Kier molecular flexibility index (Phi) is 4.45. The molecule has 3 aromatic heterocycles. The van der Waals surface area contributed by atoms with Crippen LogP contribution in [0, 0.1) is 0 Å². The molecular weight excluding hydrogens is 436 g/mol. The van der Waals surface area contributed by atoms with Crippen LogP contribution >= 0.6 is 22.9 Å². The number of ether oxygens (including phenoxy) is 2. The first kappa shape index (κ1) is 18.8. The number of benzene rings is 1. The van der Waals surface area contributed by atoms with Crippen molar-refractivity contribution in [3.05, 3.63) is 68.0 Å². The van der Waals surface area contributed by atoms with Crippen molar-refractivity contribution in [2.24, 2.45) is 0 Å². The Balaban J connectivity index is 1.28. The molecular formula is C22H17ClN4O3S. The predicted octanol–water partition coefficient (Wildman–Crippen LogP) is 3.99. The summed E-state index contributed by atoms with van der Waals surface area (Å²) in [5, 5.41) is 3.38. The van der Waals surface area contributed by atoms with Gasteiger partial charge in [0, 0.05) is 43.1 Å². The molecule has 0 aliphatic carbocycles. The third-order valence-corrected chi connectivity index (χ3v) is 6.84. The van der Waals surface area contributed by atoms with Gasteiger partial charge in [0.1, 0.15) is 5.15 Å². The number of halogens is 1. The highest BCUT2D eigenvalue weighted by Crippen LogP contribution is 2.36. The van der Waals surface area contributed by atoms with Crippen LogP contribution in [0.1, 0.15) is 16.8 Å². The van der Waals surface area contributed by atoms with E-state index in [1.54, 1.807) is 11.3 Å². The van der Waals surface area contributed by atoms with Gasteiger partial charge in [0.05, 0.1) is 21.7 Å². The fourth-order valence-electron chi connectivity index (χ4n) is 4.08. The first-order chi connectivity index (χ1) is 15.1. The van der Waals surface area contributed by atoms with Crippen molar-refractivity contribution in [2.75, 3.05) is 13.3 Å². The molecule has 4 aromatic rings. The second-order valence-electron chi connectivity index (χ2n) is 7.61. The van der Waals surface area contributed by atoms with Gasteiger partial charge in [-0.2, -0.15) is 0 Å². The van der Waals surface area contributed by atoms with E-state index in [0.717, 1.165) is 45.6 Å². The Morgan fingerprint density at radius 1 is 1.19 bits per heavy atom. The van der Waals surface area contributed by atoms with E-state index in [-0.39, 0.29) is 12.4 Å². The summed E-state index contributed by atoms with van der Waals surface area (Å²) in [6.45, 7) is 2.14. The van der Waals surface area contributed by atoms with Gasteiger partial charge in [-0.15, -0.1) is 11.3 Å². The number of aromatic amines is 1. The van der Waals surface area contributed by atoms with Gasteiger partial charge in [0.25, 0.3) is 5.56 Å². The van der Waals surface area contributed by atoms with Crippen LogP contribution in [-0.2, 0) is 19.5 Å². The van der Waals surface area contributed by atoms with E-state index in [1.807, 2.05) is 35.7 Å². The van der Waals surface area contributed by atoms with Crippen molar-refractivity contribution in [3.8, 4) is 22.2 Å². The lowest BCUT2D eigenvalue weighted by atomic mass is 10.1. The van der Waals surface area contributed by atoms with Crippen LogP contribution in [0.3, 0.4) is 0 Å². The SMILES string of the molecule is O=c1[nH]c(-c2cccs2)nc2c1CN(Cc1cc3cc4c(cc3nc1Cl)OCO4)CC2. The summed E-state index contributed by atoms with van der Waals surface area (Å²) in [4.78, 5) is 28.1. The molecule has 0 fully saturated rings. The summed E-state index contributed by atoms with van der Waals surface area (Å²) >= 11 is 8.06. The van der Waals surface area contributed by atoms with Crippen molar-refractivity contribution in [3.63, 3.8) is 0 Å². The molecule has 7 nitrogen and oxygen atoms in total. The van der Waals surface area contributed by atoms with Gasteiger partial charge >= 0.3 is 0 Å². The van der Waals surface area contributed by atoms with Crippen molar-refractivity contribution in [2.45, 2.75) is 19.5 Å². The molecule has 9 heteroatoms. The first-order valence-corrected chi connectivity index (χ1v) is 11.2. The zero-order chi connectivity index (χ0) is 20.9. The average Bonchev–Trinajstić information content (AvgIpc) is 3.45. The fourth-order valence-corrected chi connectivity index (χ4v) is 4.96. The number of hydrogen-bond donors (Lipinski definition) is 1. The van der Waals surface area contributed by atoms with E-state index in [4.69, 9.17) is 26.1 Å². The molecule has 1 N–H and O–H groups in total. The van der Waals surface area contributed by atoms with Crippen LogP contribution < -0.4 is 15.0 Å². The quantitative estimate of drug-likeness (QED) is 0.473. The lowest BCUT2D eigenvalue weighted by molar-refractivity contribution is 0.174. The van der Waals surface area contributed by atoms with Gasteiger partial charge in [0.15, 0.2) is 17.3 Å². The summed E-state index contributed by atoms with van der Waals surface area (Å²) in [6.07, 6.45) is 0.717. The Hall–Kier alpha value is -2.94. The largest absolute Gasteiger partial charge is 0.454 e. The second-order valence-corrected chi connectivity index (χ2v) is 8.92. The minimum absolute atomic E-state index is 0.0754. The number of fused-ring (bicyclic) bond motifs is 3. The molecule has 0 bridgehead atoms. The Bertz CT molecular complexity index is 1370. The summed E-state index contributed by atoms with van der Waals surface area (Å²) < 4.78 is 10.9. The standard InChI is InChI=1S/C22H17ClN4O3S/c23-20-13(6-12-7-17-18(30-11-29-17)8-16(12)24-20)9-27-4-3-15-14(10-27)22(28)26-21(25-15)19-2-1-5-31-19/h1-2,5-8H,3-4,9-11H2,(H,25,26,28). The molecule has 0 atom stereocenters. The van der Waals surface area contributed by atoms with Crippen LogP contribution in [0.4, 0.5) is 0 Å². The summed E-state index contributed by atoms with van der Waals surface area (Å²) in [5.41, 5.74) is 3.20. The van der Waals surface area contributed by atoms with Gasteiger partial charge in [0.2, 0.25) is 6.79 Å². The molecule has 0 spiro atoms. The van der Waals surface area contributed by atoms with E-state index in [0.29, 0.717) is 35.6 Å². The fraction of sp³-hybridized carbons (Fsp3) is 0.227. The number of aromatic nitrogens is 3. The lowest BCUT2D eigenvalue weighted by Gasteiger charge is -2.28. The number of hydrogen-bond acceptors (Lipinski definition) is 7. The average molecular weight is 453 g/mol. The topological polar surface area (TPSA) is 80.3 Å². The van der Waals surface area contributed by atoms with Gasteiger partial charge in [-0.05, 0) is 23.6 Å². The van der Waals surface area contributed by atoms with Gasteiger partial charge < -0.3 is 14.5 Å². The number of H-pyrrole nitrogens is 1. The molecule has 0 unspecified atom stereocenters. The van der Waals surface area contributed by atoms with E-state index in [9.17, 15) is 4.79 Å². The molecule has 2 aliphatic rings. The third-order valence-electron chi connectivity index (χ3n) is 5.63. The molecule has 31 heavy (non-hydrogen) atoms. The van der Waals surface area contributed by atoms with E-state index >= 15 is 0 Å². The maximum Gasteiger partial charge on any atom is 0.255 e. The summed E-state index contributed by atoms with van der Waals surface area (Å²) in [6, 6.07) is 9.73. The number of thiophene rings is 1. The number of nitrogens with zero attached hydrogens (tertiary/aromatic N) is 3. The van der Waals surface area contributed by atoms with Crippen LogP contribution in [0.15, 0.2) is 40.5 Å². The summed E-state index contributed by atoms with van der Waals surface area (Å²) in [5.74, 6) is 2.05. The highest BCUT2D eigenvalue weighted by Gasteiger charge is 2.23. The van der Waals surface area contributed by atoms with Gasteiger partial charge in [-0.25, -0.2) is 9.97 Å². The highest BCUT2D eigenvalue weighted by atomic mass is 35.5. The van der Waals surface area contributed by atoms with Crippen LogP contribution in [0.5, 0.6) is 11.5 Å². The summed E-state index contributed by atoms with van der Waals surface area (Å²) in [7, 11) is 0. The lowest BCUT2D eigenvalue weighted by Crippen LogP contribution is -2.35. The zero-order valence-corrected chi connectivity index (χ0v) is 17.9. The maximum absolute atomic E-state index is 12.7. The molecule has 0 radical (unpaired) electrons. The second kappa shape index (κ2) is 7.33. The van der Waals surface area contributed by atoms with Crippen molar-refractivity contribution >= 4 is 33.8 Å². The molecule has 156 valence electrons. The molecule has 0 saturated heterocycles.